The Balaban J connectivity index is 1.20. The minimum absolute atomic E-state index is 0.175. The zero-order valence-electron chi connectivity index (χ0n) is 19.2. The van der Waals surface area contributed by atoms with Crippen LogP contribution in [0.5, 0.6) is 5.75 Å². The van der Waals surface area contributed by atoms with E-state index in [9.17, 15) is 14.4 Å². The molecule has 4 saturated carbocycles. The summed E-state index contributed by atoms with van der Waals surface area (Å²) >= 11 is 0. The van der Waals surface area contributed by atoms with Gasteiger partial charge in [-0.1, -0.05) is 26.0 Å². The lowest BCUT2D eigenvalue weighted by atomic mass is 9.53. The van der Waals surface area contributed by atoms with E-state index in [1.165, 1.54) is 19.3 Å². The first-order chi connectivity index (χ1) is 15.2. The summed E-state index contributed by atoms with van der Waals surface area (Å²) in [7, 11) is 0. The Morgan fingerprint density at radius 3 is 2.25 bits per heavy atom. The van der Waals surface area contributed by atoms with Crippen LogP contribution in [0.2, 0.25) is 0 Å². The maximum absolute atomic E-state index is 12.4. The standard InChI is InChI=1S/C25H34N2O5/c1-15(2)20-5-4-16(3)6-21(20)31-14-23(29)32-13-22(28)26-24(30)27-25-10-17-7-18(11-25)9-19(8-17)12-25/h4-6,15,17-19H,7-14H2,1-3H3,(H2,26,27,28,30). The van der Waals surface area contributed by atoms with Crippen LogP contribution in [0, 0.1) is 24.7 Å². The zero-order chi connectivity index (χ0) is 22.9. The Labute approximate surface area is 189 Å². The van der Waals surface area contributed by atoms with E-state index in [4.69, 9.17) is 9.47 Å². The highest BCUT2D eigenvalue weighted by Crippen LogP contribution is 2.55. The third-order valence-corrected chi connectivity index (χ3v) is 7.17. The molecule has 174 valence electrons. The van der Waals surface area contributed by atoms with Crippen LogP contribution in [0.25, 0.3) is 0 Å². The molecule has 1 aromatic rings. The molecule has 3 amide bonds. The smallest absolute Gasteiger partial charge is 0.344 e. The first-order valence-electron chi connectivity index (χ1n) is 11.7. The van der Waals surface area contributed by atoms with Crippen molar-refractivity contribution in [1.29, 1.82) is 0 Å². The average molecular weight is 443 g/mol. The fourth-order valence-corrected chi connectivity index (χ4v) is 6.27. The Kier molecular flexibility index (Phi) is 6.45. The van der Waals surface area contributed by atoms with Crippen LogP contribution >= 0.6 is 0 Å². The molecule has 2 N–H and O–H groups in total. The highest BCUT2D eigenvalue weighted by atomic mass is 16.6. The van der Waals surface area contributed by atoms with E-state index in [-0.39, 0.29) is 18.1 Å². The van der Waals surface area contributed by atoms with E-state index in [0.29, 0.717) is 23.5 Å². The molecule has 0 spiro atoms. The molecule has 0 heterocycles. The highest BCUT2D eigenvalue weighted by Gasteiger charge is 2.51. The molecule has 5 rings (SSSR count). The Morgan fingerprint density at radius 2 is 1.66 bits per heavy atom. The van der Waals surface area contributed by atoms with Crippen LogP contribution < -0.4 is 15.4 Å². The largest absolute Gasteiger partial charge is 0.482 e. The number of hydrogen-bond acceptors (Lipinski definition) is 5. The quantitative estimate of drug-likeness (QED) is 0.626. The Bertz CT molecular complexity index is 859. The monoisotopic (exact) mass is 442 g/mol. The number of rotatable bonds is 7. The minimum Gasteiger partial charge on any atom is -0.482 e. The number of imide groups is 1. The summed E-state index contributed by atoms with van der Waals surface area (Å²) in [4.78, 5) is 36.6. The molecule has 0 aromatic heterocycles. The molecule has 0 unspecified atom stereocenters. The van der Waals surface area contributed by atoms with Gasteiger partial charge in [-0.25, -0.2) is 9.59 Å². The number of carbonyl (C=O) groups excluding carboxylic acids is 3. The van der Waals surface area contributed by atoms with Gasteiger partial charge in [-0.3, -0.25) is 10.1 Å². The van der Waals surface area contributed by atoms with Gasteiger partial charge < -0.3 is 14.8 Å². The van der Waals surface area contributed by atoms with Gasteiger partial charge in [-0.15, -0.1) is 0 Å². The van der Waals surface area contributed by atoms with Crippen molar-refractivity contribution in [2.75, 3.05) is 13.2 Å². The molecule has 7 heteroatoms. The number of nitrogens with one attached hydrogen (secondary N) is 2. The van der Waals surface area contributed by atoms with Crippen LogP contribution in [0.1, 0.15) is 69.4 Å². The molecule has 32 heavy (non-hydrogen) atoms. The number of aryl methyl sites for hydroxylation is 1. The molecule has 0 atom stereocenters. The van der Waals surface area contributed by atoms with Crippen LogP contribution in [0.3, 0.4) is 0 Å². The van der Waals surface area contributed by atoms with Crippen LogP contribution in [-0.4, -0.2) is 36.7 Å². The fourth-order valence-electron chi connectivity index (χ4n) is 6.27. The average Bonchev–Trinajstić information content (AvgIpc) is 2.69. The summed E-state index contributed by atoms with van der Waals surface area (Å²) in [5.74, 6) is 1.68. The molecular weight excluding hydrogens is 408 g/mol. The topological polar surface area (TPSA) is 93.7 Å². The second kappa shape index (κ2) is 9.12. The number of ether oxygens (including phenoxy) is 2. The number of esters is 1. The van der Waals surface area contributed by atoms with Crippen molar-refractivity contribution < 1.29 is 23.9 Å². The lowest BCUT2D eigenvalue weighted by molar-refractivity contribution is -0.150. The Morgan fingerprint density at radius 1 is 1.03 bits per heavy atom. The second-order valence-corrected chi connectivity index (χ2v) is 10.3. The first-order valence-corrected chi connectivity index (χ1v) is 11.7. The Hall–Kier alpha value is -2.57. The summed E-state index contributed by atoms with van der Waals surface area (Å²) in [5.41, 5.74) is 1.86. The normalized spacial score (nSPS) is 27.8. The van der Waals surface area contributed by atoms with E-state index >= 15 is 0 Å². The summed E-state index contributed by atoms with van der Waals surface area (Å²) in [5, 5.41) is 5.38. The molecular formula is C25H34N2O5. The number of carbonyl (C=O) groups is 3. The van der Waals surface area contributed by atoms with Gasteiger partial charge in [0.1, 0.15) is 5.75 Å². The molecule has 4 aliphatic carbocycles. The molecule has 0 aliphatic heterocycles. The van der Waals surface area contributed by atoms with E-state index in [1.807, 2.05) is 25.1 Å². The molecule has 4 fully saturated rings. The van der Waals surface area contributed by atoms with Gasteiger partial charge in [0, 0.05) is 5.54 Å². The van der Waals surface area contributed by atoms with Crippen molar-refractivity contribution in [1.82, 2.24) is 10.6 Å². The molecule has 0 saturated heterocycles. The minimum atomic E-state index is -0.655. The van der Waals surface area contributed by atoms with E-state index in [0.717, 1.165) is 30.4 Å². The van der Waals surface area contributed by atoms with Gasteiger partial charge in [0.25, 0.3) is 5.91 Å². The predicted octanol–water partition coefficient (Wildman–Crippen LogP) is 3.84. The third-order valence-electron chi connectivity index (χ3n) is 7.17. The third kappa shape index (κ3) is 5.25. The van der Waals surface area contributed by atoms with Crippen molar-refractivity contribution in [3.8, 4) is 5.75 Å². The lowest BCUT2D eigenvalue weighted by Crippen LogP contribution is -2.62. The maximum Gasteiger partial charge on any atom is 0.344 e. The van der Waals surface area contributed by atoms with E-state index < -0.39 is 24.5 Å². The van der Waals surface area contributed by atoms with Crippen LogP contribution in [0.15, 0.2) is 18.2 Å². The van der Waals surface area contributed by atoms with Crippen molar-refractivity contribution in [2.45, 2.75) is 70.8 Å². The molecule has 0 radical (unpaired) electrons. The zero-order valence-corrected chi connectivity index (χ0v) is 19.2. The number of amides is 3. The van der Waals surface area contributed by atoms with Crippen molar-refractivity contribution in [3.63, 3.8) is 0 Å². The summed E-state index contributed by atoms with van der Waals surface area (Å²) in [6.45, 7) is 5.24. The molecule has 4 bridgehead atoms. The SMILES string of the molecule is Cc1ccc(C(C)C)c(OCC(=O)OCC(=O)NC(=O)NC23CC4CC(CC(C4)C2)C3)c1. The number of benzene rings is 1. The molecule has 4 aliphatic rings. The van der Waals surface area contributed by atoms with Gasteiger partial charge in [-0.05, 0) is 86.3 Å². The number of hydrogen-bond donors (Lipinski definition) is 2. The molecule has 7 nitrogen and oxygen atoms in total. The van der Waals surface area contributed by atoms with E-state index in [2.05, 4.69) is 24.5 Å². The van der Waals surface area contributed by atoms with Crippen molar-refractivity contribution in [3.05, 3.63) is 29.3 Å². The summed E-state index contributed by atoms with van der Waals surface area (Å²) in [6, 6.07) is 5.37. The first kappa shape index (κ1) is 22.6. The van der Waals surface area contributed by atoms with Gasteiger partial charge >= 0.3 is 12.0 Å². The van der Waals surface area contributed by atoms with Crippen LogP contribution in [0.4, 0.5) is 4.79 Å². The lowest BCUT2D eigenvalue weighted by Gasteiger charge is -2.56. The molecule has 1 aromatic carbocycles. The van der Waals surface area contributed by atoms with Gasteiger partial charge in [0.2, 0.25) is 0 Å². The second-order valence-electron chi connectivity index (χ2n) is 10.3. The summed E-state index contributed by atoms with van der Waals surface area (Å²) in [6.07, 6.45) is 6.85. The van der Waals surface area contributed by atoms with Gasteiger partial charge in [-0.2, -0.15) is 0 Å². The highest BCUT2D eigenvalue weighted by molar-refractivity contribution is 5.95. The maximum atomic E-state index is 12.4. The van der Waals surface area contributed by atoms with E-state index in [1.54, 1.807) is 0 Å². The van der Waals surface area contributed by atoms with Crippen molar-refractivity contribution >= 4 is 17.9 Å². The van der Waals surface area contributed by atoms with Gasteiger partial charge in [0.05, 0.1) is 0 Å². The number of urea groups is 1. The fraction of sp³-hybridized carbons (Fsp3) is 0.640. The van der Waals surface area contributed by atoms with Crippen LogP contribution in [-0.2, 0) is 14.3 Å². The summed E-state index contributed by atoms with van der Waals surface area (Å²) < 4.78 is 10.6. The van der Waals surface area contributed by atoms with Crippen molar-refractivity contribution in [2.24, 2.45) is 17.8 Å². The predicted molar refractivity (Wildman–Crippen MR) is 119 cm³/mol. The van der Waals surface area contributed by atoms with Gasteiger partial charge in [0.15, 0.2) is 13.2 Å².